The Morgan fingerprint density at radius 3 is 2.38 bits per heavy atom. The predicted octanol–water partition coefficient (Wildman–Crippen LogP) is 5.45. The van der Waals surface area contributed by atoms with Crippen LogP contribution in [0.1, 0.15) is 17.0 Å². The van der Waals surface area contributed by atoms with Crippen molar-refractivity contribution in [2.24, 2.45) is 0 Å². The number of amides is 1. The van der Waals surface area contributed by atoms with E-state index >= 15 is 0 Å². The number of para-hydroxylation sites is 1. The minimum Gasteiger partial charge on any atom is -0.322 e. The summed E-state index contributed by atoms with van der Waals surface area (Å²) < 4.78 is 1.86. The van der Waals surface area contributed by atoms with E-state index < -0.39 is 0 Å². The first-order valence-electron chi connectivity index (χ1n) is 8.01. The molecule has 0 aliphatic rings. The number of hydrogen-bond acceptors (Lipinski definition) is 2. The van der Waals surface area contributed by atoms with Crippen molar-refractivity contribution in [3.05, 3.63) is 81.6 Å². The van der Waals surface area contributed by atoms with Gasteiger partial charge >= 0.3 is 0 Å². The molecular formula is C20H17Cl2N3O. The number of carbonyl (C=O) groups excluding carboxylic acids is 1. The highest BCUT2D eigenvalue weighted by atomic mass is 35.5. The zero-order chi connectivity index (χ0) is 18.7. The van der Waals surface area contributed by atoms with Crippen molar-refractivity contribution in [1.29, 1.82) is 0 Å². The third-order valence-corrected chi connectivity index (χ3v) is 4.32. The molecule has 0 atom stereocenters. The predicted molar refractivity (Wildman–Crippen MR) is 107 cm³/mol. The second-order valence-electron chi connectivity index (χ2n) is 5.81. The van der Waals surface area contributed by atoms with Crippen LogP contribution in [0, 0.1) is 13.8 Å². The molecular weight excluding hydrogens is 369 g/mol. The Balaban J connectivity index is 1.80. The highest BCUT2D eigenvalue weighted by Gasteiger charge is 2.11. The first kappa shape index (κ1) is 18.2. The van der Waals surface area contributed by atoms with Crippen molar-refractivity contribution < 1.29 is 4.79 Å². The maximum atomic E-state index is 12.2. The molecule has 2 aromatic carbocycles. The van der Waals surface area contributed by atoms with Gasteiger partial charge in [-0.3, -0.25) is 4.79 Å². The van der Waals surface area contributed by atoms with Crippen LogP contribution < -0.4 is 5.32 Å². The Kier molecular flexibility index (Phi) is 5.45. The number of rotatable bonds is 4. The molecule has 0 aliphatic carbocycles. The Labute approximate surface area is 162 Å². The van der Waals surface area contributed by atoms with Gasteiger partial charge in [0.05, 0.1) is 11.4 Å². The number of carbonyl (C=O) groups is 1. The molecule has 0 saturated heterocycles. The van der Waals surface area contributed by atoms with Crippen LogP contribution in [0.2, 0.25) is 10.0 Å². The SMILES string of the molecule is Cc1nn(-c2ccccc2)c(C)c1C=CC(=O)Nc1cc(Cl)cc(Cl)c1. The number of nitrogens with zero attached hydrogens (tertiary/aromatic N) is 2. The quantitative estimate of drug-likeness (QED) is 0.607. The second kappa shape index (κ2) is 7.77. The second-order valence-corrected chi connectivity index (χ2v) is 6.69. The molecule has 0 unspecified atom stereocenters. The first-order valence-corrected chi connectivity index (χ1v) is 8.76. The standard InChI is InChI=1S/C20H17Cl2N3O/c1-13-19(14(2)25(24-13)18-6-4-3-5-7-18)8-9-20(26)23-17-11-15(21)10-16(22)12-17/h3-12H,1-2H3,(H,23,26). The van der Waals surface area contributed by atoms with Crippen molar-refractivity contribution in [3.8, 4) is 5.69 Å². The summed E-state index contributed by atoms with van der Waals surface area (Å²) in [6.45, 7) is 3.89. The van der Waals surface area contributed by atoms with Gasteiger partial charge in [-0.05, 0) is 50.3 Å². The summed E-state index contributed by atoms with van der Waals surface area (Å²) in [5, 5.41) is 8.24. The van der Waals surface area contributed by atoms with Crippen molar-refractivity contribution in [2.45, 2.75) is 13.8 Å². The highest BCUT2D eigenvalue weighted by Crippen LogP contribution is 2.23. The van der Waals surface area contributed by atoms with Crippen LogP contribution in [0.3, 0.4) is 0 Å². The van der Waals surface area contributed by atoms with Crippen molar-refractivity contribution in [1.82, 2.24) is 9.78 Å². The molecule has 0 fully saturated rings. The number of benzene rings is 2. The lowest BCUT2D eigenvalue weighted by Crippen LogP contribution is -2.07. The minimum atomic E-state index is -0.269. The lowest BCUT2D eigenvalue weighted by molar-refractivity contribution is -0.111. The molecule has 1 amide bonds. The van der Waals surface area contributed by atoms with E-state index in [2.05, 4.69) is 10.4 Å². The van der Waals surface area contributed by atoms with Crippen LogP contribution in [0.5, 0.6) is 0 Å². The molecule has 0 aliphatic heterocycles. The zero-order valence-electron chi connectivity index (χ0n) is 14.3. The molecule has 6 heteroatoms. The monoisotopic (exact) mass is 385 g/mol. The van der Waals surface area contributed by atoms with Gasteiger partial charge in [-0.1, -0.05) is 41.4 Å². The lowest BCUT2D eigenvalue weighted by Gasteiger charge is -2.04. The van der Waals surface area contributed by atoms with Crippen LogP contribution in [-0.2, 0) is 4.79 Å². The molecule has 0 spiro atoms. The maximum absolute atomic E-state index is 12.2. The van der Waals surface area contributed by atoms with E-state index in [0.29, 0.717) is 15.7 Å². The molecule has 1 heterocycles. The normalized spacial score (nSPS) is 11.1. The van der Waals surface area contributed by atoms with Gasteiger partial charge in [0.15, 0.2) is 0 Å². The fraction of sp³-hybridized carbons (Fsp3) is 0.100. The Morgan fingerprint density at radius 1 is 1.08 bits per heavy atom. The van der Waals surface area contributed by atoms with Gasteiger partial charge < -0.3 is 5.32 Å². The van der Waals surface area contributed by atoms with E-state index in [1.165, 1.54) is 6.08 Å². The number of halogens is 2. The van der Waals surface area contributed by atoms with Crippen molar-refractivity contribution >= 4 is 40.9 Å². The summed E-state index contributed by atoms with van der Waals surface area (Å²) in [7, 11) is 0. The molecule has 0 saturated carbocycles. The van der Waals surface area contributed by atoms with Gasteiger partial charge in [0, 0.05) is 33.1 Å². The Hall–Kier alpha value is -2.56. The largest absolute Gasteiger partial charge is 0.322 e. The van der Waals surface area contributed by atoms with Gasteiger partial charge in [-0.15, -0.1) is 0 Å². The zero-order valence-corrected chi connectivity index (χ0v) is 15.8. The smallest absolute Gasteiger partial charge is 0.248 e. The maximum Gasteiger partial charge on any atom is 0.248 e. The summed E-state index contributed by atoms with van der Waals surface area (Å²) in [4.78, 5) is 12.2. The number of anilines is 1. The molecule has 0 radical (unpaired) electrons. The molecule has 1 aromatic heterocycles. The minimum absolute atomic E-state index is 0.269. The number of hydrogen-bond donors (Lipinski definition) is 1. The van der Waals surface area contributed by atoms with Gasteiger partial charge in [0.2, 0.25) is 5.91 Å². The molecule has 3 rings (SSSR count). The van der Waals surface area contributed by atoms with E-state index in [9.17, 15) is 4.79 Å². The fourth-order valence-corrected chi connectivity index (χ4v) is 3.21. The Morgan fingerprint density at radius 2 is 1.73 bits per heavy atom. The summed E-state index contributed by atoms with van der Waals surface area (Å²) in [6.07, 6.45) is 3.24. The third-order valence-electron chi connectivity index (χ3n) is 3.88. The van der Waals surface area contributed by atoms with E-state index in [1.54, 1.807) is 24.3 Å². The van der Waals surface area contributed by atoms with E-state index in [-0.39, 0.29) is 5.91 Å². The highest BCUT2D eigenvalue weighted by molar-refractivity contribution is 6.35. The van der Waals surface area contributed by atoms with Gasteiger partial charge in [0.25, 0.3) is 0 Å². The van der Waals surface area contributed by atoms with E-state index in [1.807, 2.05) is 48.9 Å². The number of nitrogens with one attached hydrogen (secondary N) is 1. The molecule has 1 N–H and O–H groups in total. The van der Waals surface area contributed by atoms with Crippen LogP contribution >= 0.6 is 23.2 Å². The molecule has 26 heavy (non-hydrogen) atoms. The molecule has 4 nitrogen and oxygen atoms in total. The molecule has 3 aromatic rings. The van der Waals surface area contributed by atoms with Crippen molar-refractivity contribution in [2.75, 3.05) is 5.32 Å². The number of aryl methyl sites for hydroxylation is 1. The topological polar surface area (TPSA) is 46.9 Å². The van der Waals surface area contributed by atoms with Crippen molar-refractivity contribution in [3.63, 3.8) is 0 Å². The van der Waals surface area contributed by atoms with Crippen LogP contribution in [-0.4, -0.2) is 15.7 Å². The van der Waals surface area contributed by atoms with Gasteiger partial charge in [-0.2, -0.15) is 5.10 Å². The number of aromatic nitrogens is 2. The van der Waals surface area contributed by atoms with Crippen LogP contribution in [0.25, 0.3) is 11.8 Å². The Bertz CT molecular complexity index is 958. The summed E-state index contributed by atoms with van der Waals surface area (Å²) in [5.41, 5.74) is 4.24. The summed E-state index contributed by atoms with van der Waals surface area (Å²) in [5.74, 6) is -0.269. The van der Waals surface area contributed by atoms with Gasteiger partial charge in [-0.25, -0.2) is 4.68 Å². The first-order chi connectivity index (χ1) is 12.4. The molecule has 0 bridgehead atoms. The fourth-order valence-electron chi connectivity index (χ4n) is 2.69. The third kappa shape index (κ3) is 4.15. The summed E-state index contributed by atoms with van der Waals surface area (Å²) >= 11 is 11.9. The average Bonchev–Trinajstić information content (AvgIpc) is 2.87. The van der Waals surface area contributed by atoms with Crippen LogP contribution in [0.15, 0.2) is 54.6 Å². The van der Waals surface area contributed by atoms with Crippen LogP contribution in [0.4, 0.5) is 5.69 Å². The van der Waals surface area contributed by atoms with E-state index in [4.69, 9.17) is 23.2 Å². The van der Waals surface area contributed by atoms with Gasteiger partial charge in [0.1, 0.15) is 0 Å². The van der Waals surface area contributed by atoms with E-state index in [0.717, 1.165) is 22.6 Å². The lowest BCUT2D eigenvalue weighted by atomic mass is 10.2. The summed E-state index contributed by atoms with van der Waals surface area (Å²) in [6, 6.07) is 14.8. The molecule has 132 valence electrons. The average molecular weight is 386 g/mol.